The molecule has 1 fully saturated rings. The molecule has 1 N–H and O–H groups in total. The summed E-state index contributed by atoms with van der Waals surface area (Å²) in [5.74, 6) is 1.03. The highest BCUT2D eigenvalue weighted by Gasteiger charge is 2.53. The van der Waals surface area contributed by atoms with Gasteiger partial charge in [0, 0.05) is 17.0 Å². The van der Waals surface area contributed by atoms with Crippen LogP contribution in [0.25, 0.3) is 0 Å². The zero-order chi connectivity index (χ0) is 19.3. The van der Waals surface area contributed by atoms with Gasteiger partial charge in [-0.25, -0.2) is 5.01 Å². The summed E-state index contributed by atoms with van der Waals surface area (Å²) < 4.78 is 6.69. The predicted molar refractivity (Wildman–Crippen MR) is 112 cm³/mol. The number of hydrogen-bond donors (Lipinski definition) is 1. The molecule has 3 aliphatic rings. The van der Waals surface area contributed by atoms with E-state index in [1.54, 1.807) is 4.90 Å². The molecule has 28 heavy (non-hydrogen) atoms. The third-order valence-corrected chi connectivity index (χ3v) is 6.83. The van der Waals surface area contributed by atoms with Gasteiger partial charge in [0.1, 0.15) is 5.75 Å². The van der Waals surface area contributed by atoms with Crippen LogP contribution in [0.2, 0.25) is 5.02 Å². The average Bonchev–Trinajstić information content (AvgIpc) is 3.16. The summed E-state index contributed by atoms with van der Waals surface area (Å²) in [6.45, 7) is 6.85. The Balaban J connectivity index is 1.53. The van der Waals surface area contributed by atoms with Crippen molar-refractivity contribution < 1.29 is 9.64 Å². The molecule has 1 spiro atoms. The number of piperidine rings is 1. The van der Waals surface area contributed by atoms with Crippen molar-refractivity contribution in [2.45, 2.75) is 50.9 Å². The molecule has 4 nitrogen and oxygen atoms in total. The van der Waals surface area contributed by atoms with E-state index in [4.69, 9.17) is 21.4 Å². The van der Waals surface area contributed by atoms with E-state index in [-0.39, 0.29) is 11.8 Å². The molecule has 2 aromatic carbocycles. The Kier molecular flexibility index (Phi) is 4.37. The van der Waals surface area contributed by atoms with Gasteiger partial charge < -0.3 is 9.64 Å². The van der Waals surface area contributed by atoms with Crippen LogP contribution in [0.5, 0.6) is 5.75 Å². The van der Waals surface area contributed by atoms with Gasteiger partial charge in [0.2, 0.25) is 5.72 Å². The molecular formula is C23H27ClN3O+. The second-order valence-electron chi connectivity index (χ2n) is 8.52. The maximum Gasteiger partial charge on any atom is 0.208 e. The maximum atomic E-state index is 6.69. The third-order valence-electron chi connectivity index (χ3n) is 6.57. The van der Waals surface area contributed by atoms with Crippen LogP contribution in [0.15, 0.2) is 53.6 Å². The molecular weight excluding hydrogens is 370 g/mol. The van der Waals surface area contributed by atoms with E-state index >= 15 is 0 Å². The number of hydrazone groups is 1. The molecule has 5 heteroatoms. The lowest BCUT2D eigenvalue weighted by atomic mass is 9.90. The molecule has 0 aliphatic carbocycles. The summed E-state index contributed by atoms with van der Waals surface area (Å²) in [7, 11) is 0. The van der Waals surface area contributed by atoms with E-state index in [1.807, 2.05) is 12.1 Å². The van der Waals surface area contributed by atoms with Crippen molar-refractivity contribution in [2.24, 2.45) is 5.10 Å². The SMILES string of the molecule is CC(C)[NH+]1CCC2(CC1)Oc1ccccc1[C@H]1CC(c3ccc(Cl)cc3)=NN12. The summed E-state index contributed by atoms with van der Waals surface area (Å²) in [6.07, 6.45) is 2.91. The second kappa shape index (κ2) is 6.78. The van der Waals surface area contributed by atoms with E-state index in [1.165, 1.54) is 5.56 Å². The number of hydrogen-bond acceptors (Lipinski definition) is 3. The molecule has 1 atom stereocenters. The number of para-hydroxylation sites is 1. The molecule has 3 aliphatic heterocycles. The Morgan fingerprint density at radius 3 is 2.54 bits per heavy atom. The van der Waals surface area contributed by atoms with E-state index in [0.29, 0.717) is 6.04 Å². The first kappa shape index (κ1) is 18.0. The van der Waals surface area contributed by atoms with Crippen molar-refractivity contribution >= 4 is 17.3 Å². The smallest absolute Gasteiger partial charge is 0.208 e. The highest BCUT2D eigenvalue weighted by atomic mass is 35.5. The van der Waals surface area contributed by atoms with Gasteiger partial charge in [-0.05, 0) is 37.6 Å². The van der Waals surface area contributed by atoms with Crippen LogP contribution in [0.4, 0.5) is 0 Å². The Morgan fingerprint density at radius 1 is 1.11 bits per heavy atom. The van der Waals surface area contributed by atoms with Gasteiger partial charge in [0.25, 0.3) is 0 Å². The normalized spacial score (nSPS) is 28.7. The predicted octanol–water partition coefficient (Wildman–Crippen LogP) is 3.67. The molecule has 146 valence electrons. The zero-order valence-electron chi connectivity index (χ0n) is 16.5. The van der Waals surface area contributed by atoms with Gasteiger partial charge in [-0.15, -0.1) is 0 Å². The van der Waals surface area contributed by atoms with Crippen molar-refractivity contribution in [1.29, 1.82) is 0 Å². The maximum absolute atomic E-state index is 6.69. The molecule has 0 aromatic heterocycles. The van der Waals surface area contributed by atoms with Crippen LogP contribution < -0.4 is 9.64 Å². The standard InChI is InChI=1S/C23H26ClN3O/c1-16(2)26-13-11-23(12-14-26)27-21(19-5-3-4-6-22(19)28-23)15-20(25-27)17-7-9-18(24)10-8-17/h3-10,16,21H,11-15H2,1-2H3/p+1/t21-/m1/s1. The van der Waals surface area contributed by atoms with E-state index < -0.39 is 0 Å². The van der Waals surface area contributed by atoms with Crippen LogP contribution >= 0.6 is 11.6 Å². The number of ether oxygens (including phenoxy) is 1. The Bertz CT molecular complexity index is 900. The summed E-state index contributed by atoms with van der Waals surface area (Å²) in [4.78, 5) is 1.66. The Hall–Kier alpha value is -2.04. The van der Waals surface area contributed by atoms with Crippen molar-refractivity contribution in [3.8, 4) is 5.75 Å². The highest BCUT2D eigenvalue weighted by molar-refractivity contribution is 6.30. The molecule has 3 heterocycles. The number of nitrogens with zero attached hydrogens (tertiary/aromatic N) is 2. The van der Waals surface area contributed by atoms with Gasteiger partial charge >= 0.3 is 0 Å². The minimum absolute atomic E-state index is 0.247. The lowest BCUT2D eigenvalue weighted by molar-refractivity contribution is -0.929. The second-order valence-corrected chi connectivity index (χ2v) is 8.95. The van der Waals surface area contributed by atoms with Crippen LogP contribution in [0, 0.1) is 0 Å². The fraction of sp³-hybridized carbons (Fsp3) is 0.435. The van der Waals surface area contributed by atoms with Crippen molar-refractivity contribution in [1.82, 2.24) is 5.01 Å². The Morgan fingerprint density at radius 2 is 1.82 bits per heavy atom. The van der Waals surface area contributed by atoms with Crippen LogP contribution in [0.1, 0.15) is 50.3 Å². The molecule has 2 aromatic rings. The van der Waals surface area contributed by atoms with Crippen molar-refractivity contribution in [3.63, 3.8) is 0 Å². The van der Waals surface area contributed by atoms with Crippen LogP contribution in [-0.2, 0) is 0 Å². The lowest BCUT2D eigenvalue weighted by Crippen LogP contribution is -3.16. The first-order chi connectivity index (χ1) is 13.6. The number of quaternary nitrogens is 1. The van der Waals surface area contributed by atoms with Gasteiger partial charge in [-0.3, -0.25) is 0 Å². The number of rotatable bonds is 2. The molecule has 0 unspecified atom stereocenters. The molecule has 0 saturated carbocycles. The third kappa shape index (κ3) is 2.90. The molecule has 0 bridgehead atoms. The van der Waals surface area contributed by atoms with Gasteiger partial charge in [0.05, 0.1) is 43.7 Å². The van der Waals surface area contributed by atoms with Gasteiger partial charge in [-0.2, -0.15) is 5.10 Å². The average molecular weight is 397 g/mol. The molecule has 0 radical (unpaired) electrons. The number of benzene rings is 2. The number of nitrogens with one attached hydrogen (secondary N) is 1. The number of halogens is 1. The van der Waals surface area contributed by atoms with Crippen molar-refractivity contribution in [2.75, 3.05) is 13.1 Å². The fourth-order valence-corrected chi connectivity index (χ4v) is 5.04. The summed E-state index contributed by atoms with van der Waals surface area (Å²) >= 11 is 6.09. The zero-order valence-corrected chi connectivity index (χ0v) is 17.2. The van der Waals surface area contributed by atoms with E-state index in [0.717, 1.165) is 54.4 Å². The number of fused-ring (bicyclic) bond motifs is 4. The summed E-state index contributed by atoms with van der Waals surface area (Å²) in [6, 6.07) is 17.4. The summed E-state index contributed by atoms with van der Waals surface area (Å²) in [5.41, 5.74) is 3.20. The fourth-order valence-electron chi connectivity index (χ4n) is 4.92. The van der Waals surface area contributed by atoms with Gasteiger partial charge in [-0.1, -0.05) is 41.9 Å². The van der Waals surface area contributed by atoms with E-state index in [2.05, 4.69) is 55.3 Å². The molecule has 5 rings (SSSR count). The quantitative estimate of drug-likeness (QED) is 0.839. The first-order valence-corrected chi connectivity index (χ1v) is 10.7. The monoisotopic (exact) mass is 396 g/mol. The minimum Gasteiger partial charge on any atom is -0.466 e. The largest absolute Gasteiger partial charge is 0.466 e. The van der Waals surface area contributed by atoms with Crippen LogP contribution in [0.3, 0.4) is 0 Å². The van der Waals surface area contributed by atoms with Crippen LogP contribution in [-0.4, -0.2) is 35.6 Å². The number of likely N-dealkylation sites (tertiary alicyclic amines) is 1. The summed E-state index contributed by atoms with van der Waals surface area (Å²) in [5, 5.41) is 8.17. The Labute approximate surface area is 171 Å². The molecule has 0 amide bonds. The van der Waals surface area contributed by atoms with E-state index in [9.17, 15) is 0 Å². The van der Waals surface area contributed by atoms with Gasteiger partial charge in [0.15, 0.2) is 0 Å². The highest BCUT2D eigenvalue weighted by Crippen LogP contribution is 2.49. The topological polar surface area (TPSA) is 29.3 Å². The first-order valence-electron chi connectivity index (χ1n) is 10.3. The van der Waals surface area contributed by atoms with Crippen molar-refractivity contribution in [3.05, 3.63) is 64.7 Å². The lowest BCUT2D eigenvalue weighted by Gasteiger charge is -2.50. The molecule has 1 saturated heterocycles. The minimum atomic E-state index is -0.328.